The molecule has 2 atom stereocenters. The van der Waals surface area contributed by atoms with Gasteiger partial charge in [-0.05, 0) is 25.5 Å². The van der Waals surface area contributed by atoms with Gasteiger partial charge in [0.1, 0.15) is 5.38 Å². The van der Waals surface area contributed by atoms with Gasteiger partial charge in [-0.2, -0.15) is 11.8 Å². The van der Waals surface area contributed by atoms with Gasteiger partial charge in [-0.15, -0.1) is 11.6 Å². The maximum Gasteiger partial charge on any atom is 0.240 e. The molecule has 1 saturated heterocycles. The largest absolute Gasteiger partial charge is 0.338 e. The summed E-state index contributed by atoms with van der Waals surface area (Å²) in [5, 5.41) is -0.333. The number of nitrogens with zero attached hydrogens (tertiary/aromatic N) is 1. The van der Waals surface area contributed by atoms with Gasteiger partial charge in [0.2, 0.25) is 5.91 Å². The third kappa shape index (κ3) is 2.80. The molecule has 1 aliphatic rings. The molecular weight excluding hydrogens is 218 g/mol. The van der Waals surface area contributed by atoms with E-state index in [0.29, 0.717) is 6.04 Å². The second kappa shape index (κ2) is 5.86. The molecule has 0 aromatic heterocycles. The molecule has 0 spiro atoms. The van der Waals surface area contributed by atoms with Crippen LogP contribution < -0.4 is 0 Å². The second-order valence-electron chi connectivity index (χ2n) is 3.52. The third-order valence-electron chi connectivity index (χ3n) is 2.60. The Morgan fingerprint density at radius 3 is 2.79 bits per heavy atom. The van der Waals surface area contributed by atoms with Gasteiger partial charge in [-0.3, -0.25) is 4.79 Å². The fourth-order valence-electron chi connectivity index (χ4n) is 1.72. The summed E-state index contributed by atoms with van der Waals surface area (Å²) in [5.41, 5.74) is 0. The summed E-state index contributed by atoms with van der Waals surface area (Å²) in [6.45, 7) is 4.76. The van der Waals surface area contributed by atoms with E-state index < -0.39 is 0 Å². The van der Waals surface area contributed by atoms with Crippen molar-refractivity contribution in [2.75, 3.05) is 18.1 Å². The minimum Gasteiger partial charge on any atom is -0.338 e. The van der Waals surface area contributed by atoms with Crippen molar-refractivity contribution in [2.24, 2.45) is 0 Å². The summed E-state index contributed by atoms with van der Waals surface area (Å²) in [4.78, 5) is 13.8. The van der Waals surface area contributed by atoms with Gasteiger partial charge in [0.15, 0.2) is 0 Å². The van der Waals surface area contributed by atoms with E-state index in [1.165, 1.54) is 5.75 Å². The van der Waals surface area contributed by atoms with Crippen molar-refractivity contribution in [3.05, 3.63) is 0 Å². The molecule has 0 N–H and O–H groups in total. The Labute approximate surface area is 95.4 Å². The van der Waals surface area contributed by atoms with E-state index in [2.05, 4.69) is 0 Å². The quantitative estimate of drug-likeness (QED) is 0.698. The van der Waals surface area contributed by atoms with Crippen LogP contribution in [0.4, 0.5) is 0 Å². The van der Waals surface area contributed by atoms with E-state index in [0.717, 1.165) is 25.1 Å². The van der Waals surface area contributed by atoms with Crippen LogP contribution in [0.3, 0.4) is 0 Å². The average molecular weight is 236 g/mol. The molecule has 1 amide bonds. The standard InChI is InChI=1S/C10H18ClNOS/c1-3-9(11)10(13)12(4-2)8-5-6-14-7-8/h8-9H,3-7H2,1-2H3/t8-,9+/m1/s1. The van der Waals surface area contributed by atoms with Crippen molar-refractivity contribution >= 4 is 29.3 Å². The van der Waals surface area contributed by atoms with Crippen LogP contribution >= 0.6 is 23.4 Å². The number of thioether (sulfide) groups is 1. The monoisotopic (exact) mass is 235 g/mol. The summed E-state index contributed by atoms with van der Waals surface area (Å²) in [6.07, 6.45) is 1.84. The molecule has 1 rings (SSSR count). The Morgan fingerprint density at radius 2 is 2.36 bits per heavy atom. The summed E-state index contributed by atoms with van der Waals surface area (Å²) in [5.74, 6) is 2.37. The van der Waals surface area contributed by atoms with E-state index in [1.54, 1.807) is 0 Å². The molecule has 14 heavy (non-hydrogen) atoms. The molecule has 2 nitrogen and oxygen atoms in total. The highest BCUT2D eigenvalue weighted by molar-refractivity contribution is 7.99. The first-order chi connectivity index (χ1) is 6.70. The Balaban J connectivity index is 2.55. The summed E-state index contributed by atoms with van der Waals surface area (Å²) < 4.78 is 0. The zero-order chi connectivity index (χ0) is 10.6. The molecule has 0 aromatic rings. The molecule has 0 aliphatic carbocycles. The molecule has 82 valence electrons. The normalized spacial score (nSPS) is 23.5. The molecule has 4 heteroatoms. The van der Waals surface area contributed by atoms with Gasteiger partial charge < -0.3 is 4.90 Å². The Morgan fingerprint density at radius 1 is 1.64 bits per heavy atom. The lowest BCUT2D eigenvalue weighted by Gasteiger charge is -2.28. The third-order valence-corrected chi connectivity index (χ3v) is 4.24. The molecule has 0 unspecified atom stereocenters. The average Bonchev–Trinajstić information content (AvgIpc) is 2.71. The lowest BCUT2D eigenvalue weighted by atomic mass is 10.2. The SMILES string of the molecule is CC[C@H](Cl)C(=O)N(CC)[C@@H]1CCSC1. The molecule has 0 radical (unpaired) electrons. The van der Waals surface area contributed by atoms with Crippen LogP contribution in [0, 0.1) is 0 Å². The number of hydrogen-bond acceptors (Lipinski definition) is 2. The molecule has 1 aliphatic heterocycles. The van der Waals surface area contributed by atoms with Crippen LogP contribution in [-0.4, -0.2) is 40.3 Å². The number of carbonyl (C=O) groups excluding carboxylic acids is 1. The van der Waals surface area contributed by atoms with E-state index in [4.69, 9.17) is 11.6 Å². The van der Waals surface area contributed by atoms with Crippen LogP contribution in [0.25, 0.3) is 0 Å². The number of rotatable bonds is 4. The first-order valence-corrected chi connectivity index (χ1v) is 6.82. The second-order valence-corrected chi connectivity index (χ2v) is 5.19. The Kier molecular flexibility index (Phi) is 5.10. The predicted molar refractivity (Wildman–Crippen MR) is 63.0 cm³/mol. The van der Waals surface area contributed by atoms with Crippen molar-refractivity contribution < 1.29 is 4.79 Å². The number of amides is 1. The van der Waals surface area contributed by atoms with E-state index in [9.17, 15) is 4.79 Å². The molecule has 0 saturated carbocycles. The predicted octanol–water partition coefficient (Wildman–Crippen LogP) is 2.36. The lowest BCUT2D eigenvalue weighted by Crippen LogP contribution is -2.44. The molecule has 0 bridgehead atoms. The van der Waals surface area contributed by atoms with Gasteiger partial charge in [-0.1, -0.05) is 6.92 Å². The van der Waals surface area contributed by atoms with E-state index in [-0.39, 0.29) is 11.3 Å². The van der Waals surface area contributed by atoms with Gasteiger partial charge >= 0.3 is 0 Å². The first kappa shape index (κ1) is 12.2. The highest BCUT2D eigenvalue weighted by Gasteiger charge is 2.28. The topological polar surface area (TPSA) is 20.3 Å². The van der Waals surface area contributed by atoms with Crippen LogP contribution in [0.1, 0.15) is 26.7 Å². The minimum atomic E-state index is -0.333. The summed E-state index contributed by atoms with van der Waals surface area (Å²) in [6, 6.07) is 0.422. The van der Waals surface area contributed by atoms with Crippen molar-refractivity contribution in [3.63, 3.8) is 0 Å². The summed E-state index contributed by atoms with van der Waals surface area (Å²) >= 11 is 7.90. The fourth-order valence-corrected chi connectivity index (χ4v) is 3.07. The maximum absolute atomic E-state index is 11.9. The molecular formula is C10H18ClNOS. The van der Waals surface area contributed by atoms with Crippen molar-refractivity contribution in [1.29, 1.82) is 0 Å². The number of hydrogen-bond donors (Lipinski definition) is 0. The van der Waals surface area contributed by atoms with E-state index in [1.807, 2.05) is 30.5 Å². The first-order valence-electron chi connectivity index (χ1n) is 5.23. The zero-order valence-electron chi connectivity index (χ0n) is 8.83. The van der Waals surface area contributed by atoms with Crippen molar-refractivity contribution in [2.45, 2.75) is 38.1 Å². The van der Waals surface area contributed by atoms with Crippen molar-refractivity contribution in [1.82, 2.24) is 4.90 Å². The van der Waals surface area contributed by atoms with E-state index >= 15 is 0 Å². The maximum atomic E-state index is 11.9. The molecule has 1 fully saturated rings. The Hall–Kier alpha value is 0.110. The van der Waals surface area contributed by atoms with Crippen LogP contribution in [0.5, 0.6) is 0 Å². The lowest BCUT2D eigenvalue weighted by molar-refractivity contribution is -0.132. The van der Waals surface area contributed by atoms with Crippen LogP contribution in [0.15, 0.2) is 0 Å². The highest BCUT2D eigenvalue weighted by Crippen LogP contribution is 2.23. The summed E-state index contributed by atoms with van der Waals surface area (Å²) in [7, 11) is 0. The van der Waals surface area contributed by atoms with Gasteiger partial charge in [0, 0.05) is 18.3 Å². The molecule has 1 heterocycles. The smallest absolute Gasteiger partial charge is 0.240 e. The van der Waals surface area contributed by atoms with Gasteiger partial charge in [0.05, 0.1) is 0 Å². The highest BCUT2D eigenvalue weighted by atomic mass is 35.5. The number of carbonyl (C=O) groups is 1. The minimum absolute atomic E-state index is 0.115. The number of alkyl halides is 1. The zero-order valence-corrected chi connectivity index (χ0v) is 10.4. The number of halogens is 1. The van der Waals surface area contributed by atoms with Gasteiger partial charge in [0.25, 0.3) is 0 Å². The fraction of sp³-hybridized carbons (Fsp3) is 0.900. The molecule has 0 aromatic carbocycles. The van der Waals surface area contributed by atoms with Crippen molar-refractivity contribution in [3.8, 4) is 0 Å². The Bertz CT molecular complexity index is 195. The van der Waals surface area contributed by atoms with Gasteiger partial charge in [-0.25, -0.2) is 0 Å². The van der Waals surface area contributed by atoms with Crippen LogP contribution in [-0.2, 0) is 4.79 Å². The van der Waals surface area contributed by atoms with Crippen LogP contribution in [0.2, 0.25) is 0 Å².